The molecule has 126 valence electrons. The van der Waals surface area contributed by atoms with Gasteiger partial charge in [0.15, 0.2) is 5.82 Å². The van der Waals surface area contributed by atoms with Crippen molar-refractivity contribution in [1.82, 2.24) is 24.8 Å². The quantitative estimate of drug-likeness (QED) is 0.845. The van der Waals surface area contributed by atoms with Crippen LogP contribution in [0.4, 0.5) is 0 Å². The second kappa shape index (κ2) is 7.22. The van der Waals surface area contributed by atoms with Crippen molar-refractivity contribution < 1.29 is 14.7 Å². The molecule has 8 heteroatoms. The normalized spacial score (nSPS) is 19.0. The van der Waals surface area contributed by atoms with Gasteiger partial charge in [0, 0.05) is 57.5 Å². The number of hydrogen-bond donors (Lipinski definition) is 2. The van der Waals surface area contributed by atoms with Crippen molar-refractivity contribution in [3.63, 3.8) is 0 Å². The van der Waals surface area contributed by atoms with Crippen LogP contribution in [-0.4, -0.2) is 67.9 Å². The molecule has 0 spiro atoms. The highest BCUT2D eigenvalue weighted by Crippen LogP contribution is 2.14. The summed E-state index contributed by atoms with van der Waals surface area (Å²) in [6.07, 6.45) is 6.56. The van der Waals surface area contributed by atoms with E-state index in [0.717, 1.165) is 5.56 Å². The van der Waals surface area contributed by atoms with Gasteiger partial charge in [-0.1, -0.05) is 6.07 Å². The molecule has 0 aliphatic carbocycles. The van der Waals surface area contributed by atoms with Crippen molar-refractivity contribution in [1.29, 1.82) is 0 Å². The van der Waals surface area contributed by atoms with Gasteiger partial charge in [0.25, 0.3) is 5.91 Å². The molecule has 3 heterocycles. The molecule has 1 aliphatic rings. The van der Waals surface area contributed by atoms with Crippen molar-refractivity contribution in [2.75, 3.05) is 26.2 Å². The maximum absolute atomic E-state index is 12.5. The number of amides is 1. The van der Waals surface area contributed by atoms with Gasteiger partial charge >= 0.3 is 5.97 Å². The predicted octanol–water partition coefficient (Wildman–Crippen LogP) is 0.464. The largest absolute Gasteiger partial charge is 0.481 e. The van der Waals surface area contributed by atoms with Crippen LogP contribution < -0.4 is 0 Å². The smallest absolute Gasteiger partial charge is 0.309 e. The first-order valence-corrected chi connectivity index (χ1v) is 7.76. The zero-order valence-corrected chi connectivity index (χ0v) is 13.1. The molecule has 0 saturated carbocycles. The van der Waals surface area contributed by atoms with Crippen LogP contribution in [0.3, 0.4) is 0 Å². The van der Waals surface area contributed by atoms with Crippen LogP contribution in [0.25, 0.3) is 0 Å². The number of carboxylic acids is 1. The van der Waals surface area contributed by atoms with Gasteiger partial charge < -0.3 is 15.0 Å². The van der Waals surface area contributed by atoms with E-state index in [0.29, 0.717) is 26.2 Å². The van der Waals surface area contributed by atoms with Gasteiger partial charge in [0.05, 0.1) is 5.92 Å². The molecule has 1 fully saturated rings. The zero-order chi connectivity index (χ0) is 16.9. The number of nitrogens with one attached hydrogen (secondary N) is 1. The number of pyridine rings is 1. The lowest BCUT2D eigenvalue weighted by atomic mass is 10.1. The minimum Gasteiger partial charge on any atom is -0.481 e. The Morgan fingerprint density at radius 2 is 2.17 bits per heavy atom. The maximum Gasteiger partial charge on any atom is 0.309 e. The summed E-state index contributed by atoms with van der Waals surface area (Å²) in [4.78, 5) is 38.4. The van der Waals surface area contributed by atoms with Crippen LogP contribution in [-0.2, 0) is 11.3 Å². The van der Waals surface area contributed by atoms with Crippen LogP contribution in [0.1, 0.15) is 16.2 Å². The number of carbonyl (C=O) groups is 2. The Morgan fingerprint density at radius 3 is 2.83 bits per heavy atom. The number of carbonyl (C=O) groups excluding carboxylic acids is 1. The van der Waals surface area contributed by atoms with Crippen LogP contribution in [0.2, 0.25) is 0 Å². The van der Waals surface area contributed by atoms with Gasteiger partial charge in [-0.05, 0) is 11.6 Å². The first-order valence-electron chi connectivity index (χ1n) is 7.76. The summed E-state index contributed by atoms with van der Waals surface area (Å²) >= 11 is 0. The third-order valence-corrected chi connectivity index (χ3v) is 4.07. The Labute approximate surface area is 139 Å². The Kier molecular flexibility index (Phi) is 4.85. The number of imidazole rings is 1. The maximum atomic E-state index is 12.5. The number of rotatable bonds is 4. The van der Waals surface area contributed by atoms with Crippen molar-refractivity contribution in [2.24, 2.45) is 5.92 Å². The number of aromatic amines is 1. The van der Waals surface area contributed by atoms with E-state index in [4.69, 9.17) is 0 Å². The van der Waals surface area contributed by atoms with Crippen LogP contribution in [0.5, 0.6) is 0 Å². The van der Waals surface area contributed by atoms with E-state index in [9.17, 15) is 14.7 Å². The van der Waals surface area contributed by atoms with Crippen LogP contribution >= 0.6 is 0 Å². The molecule has 2 aromatic heterocycles. The number of aliphatic carboxylic acids is 1. The van der Waals surface area contributed by atoms with Gasteiger partial charge in [-0.3, -0.25) is 19.5 Å². The van der Waals surface area contributed by atoms with Gasteiger partial charge in [-0.2, -0.15) is 0 Å². The molecule has 8 nitrogen and oxygen atoms in total. The summed E-state index contributed by atoms with van der Waals surface area (Å²) in [6.45, 7) is 2.25. The number of carboxylic acid groups (broad SMARTS) is 1. The first kappa shape index (κ1) is 16.1. The van der Waals surface area contributed by atoms with Gasteiger partial charge in [0.2, 0.25) is 0 Å². The monoisotopic (exact) mass is 329 g/mol. The van der Waals surface area contributed by atoms with E-state index in [1.165, 1.54) is 6.20 Å². The summed E-state index contributed by atoms with van der Waals surface area (Å²) in [5.41, 5.74) is 1.02. The summed E-state index contributed by atoms with van der Waals surface area (Å²) in [6, 6.07) is 3.81. The van der Waals surface area contributed by atoms with Gasteiger partial charge in [0.1, 0.15) is 0 Å². The second-order valence-corrected chi connectivity index (χ2v) is 5.82. The van der Waals surface area contributed by atoms with E-state index < -0.39 is 11.9 Å². The van der Waals surface area contributed by atoms with Crippen LogP contribution in [0, 0.1) is 5.92 Å². The average molecular weight is 329 g/mol. The molecule has 1 atom stereocenters. The number of H-pyrrole nitrogens is 1. The van der Waals surface area contributed by atoms with Crippen molar-refractivity contribution in [3.8, 4) is 0 Å². The Balaban J connectivity index is 1.72. The zero-order valence-electron chi connectivity index (χ0n) is 13.1. The summed E-state index contributed by atoms with van der Waals surface area (Å²) < 4.78 is 0. The molecule has 1 saturated heterocycles. The molecule has 2 aromatic rings. The van der Waals surface area contributed by atoms with Crippen molar-refractivity contribution >= 4 is 11.9 Å². The third kappa shape index (κ3) is 3.77. The fourth-order valence-corrected chi connectivity index (χ4v) is 2.85. The molecule has 1 amide bonds. The molecule has 3 rings (SSSR count). The van der Waals surface area contributed by atoms with Crippen LogP contribution in [0.15, 0.2) is 36.9 Å². The van der Waals surface area contributed by atoms with E-state index in [2.05, 4.69) is 15.0 Å². The fourth-order valence-electron chi connectivity index (χ4n) is 2.85. The lowest BCUT2D eigenvalue weighted by Crippen LogP contribution is -2.38. The number of hydrogen-bond acceptors (Lipinski definition) is 5. The molecular formula is C16H19N5O3. The molecule has 24 heavy (non-hydrogen) atoms. The van der Waals surface area contributed by atoms with E-state index >= 15 is 0 Å². The second-order valence-electron chi connectivity index (χ2n) is 5.82. The van der Waals surface area contributed by atoms with E-state index in [1.807, 2.05) is 17.0 Å². The molecule has 2 N–H and O–H groups in total. The van der Waals surface area contributed by atoms with E-state index in [-0.39, 0.29) is 18.3 Å². The lowest BCUT2D eigenvalue weighted by molar-refractivity contribution is -0.142. The van der Waals surface area contributed by atoms with Crippen molar-refractivity contribution in [3.05, 3.63) is 48.3 Å². The fraction of sp³-hybridized carbons (Fsp3) is 0.375. The molecule has 0 radical (unpaired) electrons. The average Bonchev–Trinajstić information content (AvgIpc) is 3.03. The number of nitrogens with zero attached hydrogens (tertiary/aromatic N) is 4. The summed E-state index contributed by atoms with van der Waals surface area (Å²) in [5.74, 6) is -1.57. The molecular weight excluding hydrogens is 310 g/mol. The minimum absolute atomic E-state index is 0.179. The highest BCUT2D eigenvalue weighted by Gasteiger charge is 2.31. The lowest BCUT2D eigenvalue weighted by Gasteiger charge is -2.21. The van der Waals surface area contributed by atoms with Gasteiger partial charge in [-0.15, -0.1) is 0 Å². The predicted molar refractivity (Wildman–Crippen MR) is 85.1 cm³/mol. The molecule has 0 bridgehead atoms. The standard InChI is InChI=1S/C16H19N5O3/c22-15(14-18-4-5-19-14)21-7-6-20(10-13(11-21)16(23)24)9-12-2-1-3-17-8-12/h1-5,8,13H,6-7,9-11H2,(H,18,19)(H,23,24). The topological polar surface area (TPSA) is 102 Å². The highest BCUT2D eigenvalue weighted by atomic mass is 16.4. The Morgan fingerprint density at radius 1 is 1.29 bits per heavy atom. The Bertz CT molecular complexity index is 689. The molecule has 0 aromatic carbocycles. The molecule has 1 aliphatic heterocycles. The highest BCUT2D eigenvalue weighted by molar-refractivity contribution is 5.90. The molecule has 1 unspecified atom stereocenters. The Hall–Kier alpha value is -2.74. The third-order valence-electron chi connectivity index (χ3n) is 4.07. The minimum atomic E-state index is -0.898. The van der Waals surface area contributed by atoms with Crippen molar-refractivity contribution in [2.45, 2.75) is 6.54 Å². The first-order chi connectivity index (χ1) is 11.6. The summed E-state index contributed by atoms with van der Waals surface area (Å²) in [7, 11) is 0. The SMILES string of the molecule is O=C(O)C1CN(Cc2cccnc2)CCN(C(=O)c2ncc[nH]2)C1. The van der Waals surface area contributed by atoms with E-state index in [1.54, 1.807) is 23.5 Å². The van der Waals surface area contributed by atoms with Gasteiger partial charge in [-0.25, -0.2) is 4.98 Å². The summed E-state index contributed by atoms with van der Waals surface area (Å²) in [5, 5.41) is 9.48. The number of aromatic nitrogens is 3.